The lowest BCUT2D eigenvalue weighted by molar-refractivity contribution is 0.0957. The predicted octanol–water partition coefficient (Wildman–Crippen LogP) is 1.31. The van der Waals surface area contributed by atoms with Crippen molar-refractivity contribution in [2.45, 2.75) is 6.92 Å². The van der Waals surface area contributed by atoms with E-state index >= 15 is 0 Å². The number of nitrogens with one attached hydrogen (secondary N) is 1. The molecular weight excluding hydrogens is 184 g/mol. The van der Waals surface area contributed by atoms with Crippen LogP contribution in [0.15, 0.2) is 6.07 Å². The molecule has 0 atom stereocenters. The molecule has 11 heavy (non-hydrogen) atoms. The van der Waals surface area contributed by atoms with E-state index in [1.54, 1.807) is 6.07 Å². The minimum absolute atomic E-state index is 0.301. The first-order chi connectivity index (χ1) is 5.15. The molecule has 0 radical (unpaired) electrons. The van der Waals surface area contributed by atoms with Gasteiger partial charge in [0.1, 0.15) is 0 Å². The lowest BCUT2D eigenvalue weighted by Crippen LogP contribution is -2.29. The summed E-state index contributed by atoms with van der Waals surface area (Å²) in [6.07, 6.45) is 0. The van der Waals surface area contributed by atoms with Crippen molar-refractivity contribution in [3.63, 3.8) is 0 Å². The van der Waals surface area contributed by atoms with E-state index in [1.807, 2.05) is 12.3 Å². The number of nitrogen functional groups attached to an aromatic ring is 1. The summed E-state index contributed by atoms with van der Waals surface area (Å²) in [6, 6.07) is 1.60. The van der Waals surface area contributed by atoms with Crippen LogP contribution in [0.5, 0.6) is 0 Å². The lowest BCUT2D eigenvalue weighted by Gasteiger charge is -1.90. The SMILES string of the molecule is Cc1sc(C(=O)NN)cc1Cl. The van der Waals surface area contributed by atoms with Gasteiger partial charge in [0, 0.05) is 4.88 Å². The smallest absolute Gasteiger partial charge is 0.275 e. The molecule has 0 aliphatic rings. The van der Waals surface area contributed by atoms with Crippen molar-refractivity contribution in [1.29, 1.82) is 0 Å². The molecule has 0 aliphatic carbocycles. The lowest BCUT2D eigenvalue weighted by atomic mass is 10.4. The van der Waals surface area contributed by atoms with Crippen molar-refractivity contribution < 1.29 is 4.79 Å². The topological polar surface area (TPSA) is 55.1 Å². The molecule has 0 bridgehead atoms. The quantitative estimate of drug-likeness (QED) is 0.399. The second-order valence-electron chi connectivity index (χ2n) is 1.99. The molecule has 0 aromatic carbocycles. The summed E-state index contributed by atoms with van der Waals surface area (Å²) in [5.74, 6) is 4.63. The zero-order valence-corrected chi connectivity index (χ0v) is 7.42. The number of amides is 1. The van der Waals surface area contributed by atoms with Crippen LogP contribution in [-0.2, 0) is 0 Å². The molecule has 3 N–H and O–H groups in total. The van der Waals surface area contributed by atoms with Crippen LogP contribution in [-0.4, -0.2) is 5.91 Å². The Kier molecular flexibility index (Phi) is 2.49. The molecule has 0 saturated heterocycles. The Hall–Kier alpha value is -0.580. The molecule has 0 fully saturated rings. The van der Waals surface area contributed by atoms with Gasteiger partial charge in [0.25, 0.3) is 5.91 Å². The van der Waals surface area contributed by atoms with Crippen LogP contribution >= 0.6 is 22.9 Å². The van der Waals surface area contributed by atoms with E-state index in [0.29, 0.717) is 9.90 Å². The maximum absolute atomic E-state index is 10.9. The molecule has 0 aliphatic heterocycles. The number of hydrogen-bond acceptors (Lipinski definition) is 3. The minimum Gasteiger partial charge on any atom is -0.289 e. The van der Waals surface area contributed by atoms with Crippen LogP contribution in [0, 0.1) is 6.92 Å². The van der Waals surface area contributed by atoms with Crippen LogP contribution in [0.1, 0.15) is 14.5 Å². The third kappa shape index (κ3) is 1.71. The van der Waals surface area contributed by atoms with Gasteiger partial charge in [-0.1, -0.05) is 11.6 Å². The number of aryl methyl sites for hydroxylation is 1. The monoisotopic (exact) mass is 190 g/mol. The number of rotatable bonds is 1. The van der Waals surface area contributed by atoms with Gasteiger partial charge in [-0.2, -0.15) is 0 Å². The highest BCUT2D eigenvalue weighted by atomic mass is 35.5. The largest absolute Gasteiger partial charge is 0.289 e. The van der Waals surface area contributed by atoms with Gasteiger partial charge in [-0.3, -0.25) is 10.2 Å². The number of halogens is 1. The molecule has 1 aromatic heterocycles. The first-order valence-corrected chi connectivity index (χ1v) is 4.11. The Morgan fingerprint density at radius 2 is 2.45 bits per heavy atom. The van der Waals surface area contributed by atoms with Gasteiger partial charge in [0.15, 0.2) is 0 Å². The summed E-state index contributed by atoms with van der Waals surface area (Å²) in [4.78, 5) is 12.4. The first-order valence-electron chi connectivity index (χ1n) is 2.92. The molecule has 0 spiro atoms. The first kappa shape index (κ1) is 8.52. The highest BCUT2D eigenvalue weighted by Gasteiger charge is 2.08. The van der Waals surface area contributed by atoms with E-state index in [-0.39, 0.29) is 5.91 Å². The van der Waals surface area contributed by atoms with E-state index in [9.17, 15) is 4.79 Å². The average Bonchev–Trinajstić information content (AvgIpc) is 2.31. The van der Waals surface area contributed by atoms with Crippen molar-refractivity contribution in [2.75, 3.05) is 0 Å². The highest BCUT2D eigenvalue weighted by molar-refractivity contribution is 7.14. The van der Waals surface area contributed by atoms with Crippen LogP contribution < -0.4 is 11.3 Å². The summed E-state index contributed by atoms with van der Waals surface area (Å²) in [5.41, 5.74) is 2.03. The summed E-state index contributed by atoms with van der Waals surface area (Å²) in [6.45, 7) is 1.85. The fourth-order valence-electron chi connectivity index (χ4n) is 0.643. The Labute approximate surface area is 73.1 Å². The van der Waals surface area contributed by atoms with Crippen LogP contribution in [0.3, 0.4) is 0 Å². The summed E-state index contributed by atoms with van der Waals surface area (Å²) < 4.78 is 0. The number of carbonyl (C=O) groups excluding carboxylic acids is 1. The van der Waals surface area contributed by atoms with E-state index in [1.165, 1.54) is 11.3 Å². The van der Waals surface area contributed by atoms with Crippen LogP contribution in [0.25, 0.3) is 0 Å². The van der Waals surface area contributed by atoms with Crippen LogP contribution in [0.2, 0.25) is 5.02 Å². The molecule has 0 saturated carbocycles. The summed E-state index contributed by atoms with van der Waals surface area (Å²) >= 11 is 7.04. The van der Waals surface area contributed by atoms with Gasteiger partial charge < -0.3 is 0 Å². The molecule has 1 heterocycles. The van der Waals surface area contributed by atoms with Gasteiger partial charge >= 0.3 is 0 Å². The van der Waals surface area contributed by atoms with E-state index in [0.717, 1.165) is 4.88 Å². The minimum atomic E-state index is -0.301. The van der Waals surface area contributed by atoms with Gasteiger partial charge in [-0.15, -0.1) is 11.3 Å². The third-order valence-electron chi connectivity index (χ3n) is 1.21. The Balaban J connectivity index is 2.97. The van der Waals surface area contributed by atoms with Gasteiger partial charge in [0.05, 0.1) is 9.90 Å². The number of hydrazine groups is 1. The Bertz CT molecular complexity index is 265. The van der Waals surface area contributed by atoms with Gasteiger partial charge in [-0.25, -0.2) is 5.84 Å². The number of thiophene rings is 1. The third-order valence-corrected chi connectivity index (χ3v) is 2.77. The maximum atomic E-state index is 10.9. The van der Waals surface area contributed by atoms with Crippen molar-refractivity contribution in [3.05, 3.63) is 20.8 Å². The van der Waals surface area contributed by atoms with Crippen molar-refractivity contribution in [2.24, 2.45) is 5.84 Å². The second-order valence-corrected chi connectivity index (χ2v) is 3.65. The molecule has 1 amide bonds. The van der Waals surface area contributed by atoms with Gasteiger partial charge in [0.2, 0.25) is 0 Å². The average molecular weight is 191 g/mol. The zero-order chi connectivity index (χ0) is 8.43. The summed E-state index contributed by atoms with van der Waals surface area (Å²) in [7, 11) is 0. The standard InChI is InChI=1S/C6H7ClN2OS/c1-3-4(7)2-5(11-3)6(10)9-8/h2H,8H2,1H3,(H,9,10). The molecule has 1 aromatic rings. The molecule has 1 rings (SSSR count). The number of nitrogens with two attached hydrogens (primary N) is 1. The fraction of sp³-hybridized carbons (Fsp3) is 0.167. The van der Waals surface area contributed by atoms with Crippen LogP contribution in [0.4, 0.5) is 0 Å². The van der Waals surface area contributed by atoms with E-state index in [4.69, 9.17) is 17.4 Å². The van der Waals surface area contributed by atoms with Crippen molar-refractivity contribution in [3.8, 4) is 0 Å². The number of hydrogen-bond donors (Lipinski definition) is 2. The highest BCUT2D eigenvalue weighted by Crippen LogP contribution is 2.25. The second kappa shape index (κ2) is 3.21. The maximum Gasteiger partial charge on any atom is 0.275 e. The zero-order valence-electron chi connectivity index (χ0n) is 5.85. The molecule has 3 nitrogen and oxygen atoms in total. The molecule has 0 unspecified atom stereocenters. The van der Waals surface area contributed by atoms with E-state index < -0.39 is 0 Å². The van der Waals surface area contributed by atoms with Crippen molar-refractivity contribution in [1.82, 2.24) is 5.43 Å². The van der Waals surface area contributed by atoms with Crippen molar-refractivity contribution >= 4 is 28.8 Å². The Morgan fingerprint density at radius 3 is 2.82 bits per heavy atom. The predicted molar refractivity (Wildman–Crippen MR) is 45.7 cm³/mol. The fourth-order valence-corrected chi connectivity index (χ4v) is 1.75. The molecular formula is C6H7ClN2OS. The number of carbonyl (C=O) groups is 1. The molecule has 60 valence electrons. The summed E-state index contributed by atoms with van der Waals surface area (Å²) in [5, 5.41) is 0.605. The van der Waals surface area contributed by atoms with Gasteiger partial charge in [-0.05, 0) is 13.0 Å². The van der Waals surface area contributed by atoms with E-state index in [2.05, 4.69) is 0 Å². The Morgan fingerprint density at radius 1 is 1.82 bits per heavy atom. The molecule has 5 heteroatoms. The normalized spacial score (nSPS) is 9.73.